The van der Waals surface area contributed by atoms with Crippen molar-refractivity contribution in [2.24, 2.45) is 7.05 Å². The molecule has 0 spiro atoms. The first-order valence-corrected chi connectivity index (χ1v) is 4.83. The Hall–Kier alpha value is -1.56. The van der Waals surface area contributed by atoms with Crippen molar-refractivity contribution >= 4 is 11.8 Å². The molecule has 0 radical (unpaired) electrons. The lowest BCUT2D eigenvalue weighted by molar-refractivity contribution is 0.191. The molecular weight excluding hydrogens is 196 g/mol. The van der Waals surface area contributed by atoms with Crippen molar-refractivity contribution in [2.75, 3.05) is 25.0 Å². The third kappa shape index (κ3) is 2.95. The highest BCUT2D eigenvalue weighted by Crippen LogP contribution is 2.04. The normalized spacial score (nSPS) is 10.1. The van der Waals surface area contributed by atoms with Crippen LogP contribution in [0.3, 0.4) is 0 Å². The summed E-state index contributed by atoms with van der Waals surface area (Å²) in [6.07, 6.45) is 1.61. The maximum absolute atomic E-state index is 11.6. The van der Waals surface area contributed by atoms with E-state index in [1.807, 2.05) is 6.92 Å². The number of aryl methyl sites for hydroxylation is 1. The molecule has 84 valence electrons. The average Bonchev–Trinajstić information content (AvgIpc) is 2.60. The van der Waals surface area contributed by atoms with E-state index in [1.165, 1.54) is 4.90 Å². The Bertz CT molecular complexity index is 324. The number of aliphatic hydroxyl groups is 1. The maximum atomic E-state index is 11.6. The van der Waals surface area contributed by atoms with Gasteiger partial charge in [0.25, 0.3) is 0 Å². The van der Waals surface area contributed by atoms with Gasteiger partial charge in [0.15, 0.2) is 0 Å². The van der Waals surface area contributed by atoms with Crippen LogP contribution < -0.4 is 5.32 Å². The second-order valence-corrected chi connectivity index (χ2v) is 3.07. The molecule has 0 aromatic carbocycles. The number of nitrogens with zero attached hydrogens (tertiary/aromatic N) is 3. The summed E-state index contributed by atoms with van der Waals surface area (Å²) in [7, 11) is 1.75. The van der Waals surface area contributed by atoms with Crippen LogP contribution in [0.2, 0.25) is 0 Å². The monoisotopic (exact) mass is 212 g/mol. The van der Waals surface area contributed by atoms with Gasteiger partial charge in [0, 0.05) is 26.2 Å². The number of likely N-dealkylation sites (N-methyl/N-ethyl adjacent to an activating group) is 1. The van der Waals surface area contributed by atoms with Crippen LogP contribution in [0.5, 0.6) is 0 Å². The molecule has 2 amide bonds. The number of hydrogen-bond donors (Lipinski definition) is 2. The highest BCUT2D eigenvalue weighted by molar-refractivity contribution is 5.88. The molecule has 0 aliphatic rings. The molecular formula is C9H16N4O2. The van der Waals surface area contributed by atoms with Crippen molar-refractivity contribution < 1.29 is 9.90 Å². The van der Waals surface area contributed by atoms with Crippen molar-refractivity contribution in [3.63, 3.8) is 0 Å². The summed E-state index contributed by atoms with van der Waals surface area (Å²) in [6.45, 7) is 2.72. The minimum atomic E-state index is -0.227. The SMILES string of the molecule is CCN(CCO)C(=O)Nc1ccnn1C. The number of urea groups is 1. The number of nitrogens with one attached hydrogen (secondary N) is 1. The Balaban J connectivity index is 2.58. The van der Waals surface area contributed by atoms with Crippen LogP contribution in [-0.4, -0.2) is 45.5 Å². The molecule has 1 aromatic heterocycles. The predicted octanol–water partition coefficient (Wildman–Crippen LogP) is 0.266. The van der Waals surface area contributed by atoms with Gasteiger partial charge in [-0.05, 0) is 6.92 Å². The van der Waals surface area contributed by atoms with E-state index >= 15 is 0 Å². The molecule has 0 unspecified atom stereocenters. The zero-order chi connectivity index (χ0) is 11.3. The van der Waals surface area contributed by atoms with Gasteiger partial charge in [0.2, 0.25) is 0 Å². The molecule has 0 aliphatic carbocycles. The Morgan fingerprint density at radius 3 is 2.93 bits per heavy atom. The molecule has 1 rings (SSSR count). The number of carbonyl (C=O) groups is 1. The van der Waals surface area contributed by atoms with Crippen molar-refractivity contribution in [1.29, 1.82) is 0 Å². The van der Waals surface area contributed by atoms with E-state index in [4.69, 9.17) is 5.11 Å². The number of rotatable bonds is 4. The van der Waals surface area contributed by atoms with Gasteiger partial charge >= 0.3 is 6.03 Å². The van der Waals surface area contributed by atoms with Crippen LogP contribution in [0.4, 0.5) is 10.6 Å². The number of carbonyl (C=O) groups excluding carboxylic acids is 1. The van der Waals surface area contributed by atoms with Crippen molar-refractivity contribution in [1.82, 2.24) is 14.7 Å². The van der Waals surface area contributed by atoms with Crippen molar-refractivity contribution in [2.45, 2.75) is 6.92 Å². The van der Waals surface area contributed by atoms with Gasteiger partial charge in [-0.15, -0.1) is 0 Å². The maximum Gasteiger partial charge on any atom is 0.323 e. The van der Waals surface area contributed by atoms with Gasteiger partial charge in [-0.25, -0.2) is 4.79 Å². The van der Waals surface area contributed by atoms with Gasteiger partial charge in [-0.3, -0.25) is 10.00 Å². The third-order valence-electron chi connectivity index (χ3n) is 2.09. The number of aromatic nitrogens is 2. The van der Waals surface area contributed by atoms with Crippen LogP contribution >= 0.6 is 0 Å². The number of amides is 2. The second-order valence-electron chi connectivity index (χ2n) is 3.07. The van der Waals surface area contributed by atoms with Crippen molar-refractivity contribution in [3.05, 3.63) is 12.3 Å². The Morgan fingerprint density at radius 2 is 2.47 bits per heavy atom. The molecule has 1 aromatic rings. The molecule has 0 bridgehead atoms. The molecule has 15 heavy (non-hydrogen) atoms. The van der Waals surface area contributed by atoms with E-state index in [0.29, 0.717) is 18.9 Å². The summed E-state index contributed by atoms with van der Waals surface area (Å²) in [5.74, 6) is 0.636. The van der Waals surface area contributed by atoms with E-state index < -0.39 is 0 Å². The van der Waals surface area contributed by atoms with Crippen LogP contribution in [0.15, 0.2) is 12.3 Å². The van der Waals surface area contributed by atoms with Crippen LogP contribution in [0, 0.1) is 0 Å². The van der Waals surface area contributed by atoms with Gasteiger partial charge in [0.05, 0.1) is 12.8 Å². The highest BCUT2D eigenvalue weighted by Gasteiger charge is 2.11. The number of hydrogen-bond acceptors (Lipinski definition) is 3. The van der Waals surface area contributed by atoms with Crippen molar-refractivity contribution in [3.8, 4) is 0 Å². The first-order valence-electron chi connectivity index (χ1n) is 4.83. The zero-order valence-corrected chi connectivity index (χ0v) is 8.97. The molecule has 0 saturated heterocycles. The topological polar surface area (TPSA) is 70.4 Å². The quantitative estimate of drug-likeness (QED) is 0.752. The Labute approximate surface area is 88.5 Å². The summed E-state index contributed by atoms with van der Waals surface area (Å²) < 4.78 is 1.57. The van der Waals surface area contributed by atoms with Gasteiger partial charge in [-0.1, -0.05) is 0 Å². The Morgan fingerprint density at radius 1 is 1.73 bits per heavy atom. The van der Waals surface area contributed by atoms with Gasteiger partial charge < -0.3 is 10.0 Å². The van der Waals surface area contributed by atoms with Crippen LogP contribution in [0.1, 0.15) is 6.92 Å². The smallest absolute Gasteiger partial charge is 0.323 e. The summed E-state index contributed by atoms with van der Waals surface area (Å²) in [6, 6.07) is 1.49. The number of aliphatic hydroxyl groups excluding tert-OH is 1. The molecule has 2 N–H and O–H groups in total. The van der Waals surface area contributed by atoms with E-state index in [-0.39, 0.29) is 12.6 Å². The van der Waals surface area contributed by atoms with Gasteiger partial charge in [-0.2, -0.15) is 5.10 Å². The molecule has 1 heterocycles. The van der Waals surface area contributed by atoms with E-state index in [0.717, 1.165) is 0 Å². The minimum absolute atomic E-state index is 0.0351. The van der Waals surface area contributed by atoms with E-state index in [9.17, 15) is 4.79 Å². The molecule has 6 nitrogen and oxygen atoms in total. The van der Waals surface area contributed by atoms with E-state index in [2.05, 4.69) is 10.4 Å². The highest BCUT2D eigenvalue weighted by atomic mass is 16.3. The molecule has 0 aliphatic heterocycles. The summed E-state index contributed by atoms with van der Waals surface area (Å²) >= 11 is 0. The fourth-order valence-corrected chi connectivity index (χ4v) is 1.21. The standard InChI is InChI=1S/C9H16N4O2/c1-3-13(6-7-14)9(15)11-8-4-5-10-12(8)2/h4-5,14H,3,6-7H2,1-2H3,(H,11,15). The van der Waals surface area contributed by atoms with E-state index in [1.54, 1.807) is 24.0 Å². The summed E-state index contributed by atoms with van der Waals surface area (Å²) in [5.41, 5.74) is 0. The lowest BCUT2D eigenvalue weighted by Crippen LogP contribution is -2.37. The first kappa shape index (κ1) is 11.5. The minimum Gasteiger partial charge on any atom is -0.395 e. The van der Waals surface area contributed by atoms with Crippen LogP contribution in [-0.2, 0) is 7.05 Å². The molecule has 0 saturated carbocycles. The largest absolute Gasteiger partial charge is 0.395 e. The molecule has 6 heteroatoms. The first-order chi connectivity index (χ1) is 7.19. The molecule has 0 atom stereocenters. The number of anilines is 1. The summed E-state index contributed by atoms with van der Waals surface area (Å²) in [4.78, 5) is 13.2. The average molecular weight is 212 g/mol. The fourth-order valence-electron chi connectivity index (χ4n) is 1.21. The lowest BCUT2D eigenvalue weighted by Gasteiger charge is -2.19. The molecule has 0 fully saturated rings. The third-order valence-corrected chi connectivity index (χ3v) is 2.09. The summed E-state index contributed by atoms with van der Waals surface area (Å²) in [5, 5.41) is 15.4. The van der Waals surface area contributed by atoms with Gasteiger partial charge in [0.1, 0.15) is 5.82 Å². The van der Waals surface area contributed by atoms with Crippen LogP contribution in [0.25, 0.3) is 0 Å². The Kier molecular flexibility index (Phi) is 4.11. The zero-order valence-electron chi connectivity index (χ0n) is 8.97. The lowest BCUT2D eigenvalue weighted by atomic mass is 10.5. The fraction of sp³-hybridized carbons (Fsp3) is 0.556. The predicted molar refractivity (Wildman–Crippen MR) is 56.6 cm³/mol. The second kappa shape index (κ2) is 5.35.